The van der Waals surface area contributed by atoms with Crippen molar-refractivity contribution in [2.45, 2.75) is 108 Å². The molecule has 0 N–H and O–H groups in total. The van der Waals surface area contributed by atoms with E-state index in [9.17, 15) is 9.59 Å². The van der Waals surface area contributed by atoms with Gasteiger partial charge in [-0.3, -0.25) is 9.59 Å². The summed E-state index contributed by atoms with van der Waals surface area (Å²) in [5.74, 6) is 0.329. The molecule has 5 aliphatic rings. The van der Waals surface area contributed by atoms with E-state index >= 15 is 0 Å². The maximum absolute atomic E-state index is 14.3. The Morgan fingerprint density at radius 3 is 2.14 bits per heavy atom. The van der Waals surface area contributed by atoms with E-state index in [1.807, 2.05) is 4.90 Å². The molecule has 0 atom stereocenters. The largest absolute Gasteiger partial charge is 0.494 e. The number of nitrogens with zero attached hydrogens (tertiary/aromatic N) is 3. The van der Waals surface area contributed by atoms with Crippen molar-refractivity contribution < 1.29 is 18.9 Å². The van der Waals surface area contributed by atoms with Gasteiger partial charge in [0.1, 0.15) is 0 Å². The van der Waals surface area contributed by atoms with Crippen LogP contribution in [0.25, 0.3) is 0 Å². The van der Waals surface area contributed by atoms with Crippen molar-refractivity contribution in [1.82, 2.24) is 9.80 Å². The molecule has 8 heteroatoms. The lowest BCUT2D eigenvalue weighted by Gasteiger charge is -2.48. The zero-order valence-electron chi connectivity index (χ0n) is 23.2. The number of hydrogen-bond donors (Lipinski definition) is 0. The van der Waals surface area contributed by atoms with Crippen molar-refractivity contribution in [3.05, 3.63) is 23.8 Å². The minimum Gasteiger partial charge on any atom is -0.399 e. The molecular formula is C29H42BN3O4. The molecule has 4 heterocycles. The number of fused-ring (bicyclic) bond motifs is 2. The summed E-state index contributed by atoms with van der Waals surface area (Å²) < 4.78 is 12.7. The van der Waals surface area contributed by atoms with Crippen molar-refractivity contribution in [1.29, 1.82) is 0 Å². The molecule has 200 valence electrons. The summed E-state index contributed by atoms with van der Waals surface area (Å²) in [6, 6.07) is 7.22. The van der Waals surface area contributed by atoms with Crippen LogP contribution in [-0.2, 0) is 24.3 Å². The second-order valence-corrected chi connectivity index (χ2v) is 13.0. The van der Waals surface area contributed by atoms with E-state index in [2.05, 4.69) is 55.7 Å². The number of amides is 2. The molecule has 2 amide bonds. The molecule has 1 aliphatic carbocycles. The summed E-state index contributed by atoms with van der Waals surface area (Å²) in [4.78, 5) is 33.0. The quantitative estimate of drug-likeness (QED) is 0.588. The van der Waals surface area contributed by atoms with Gasteiger partial charge in [0.15, 0.2) is 0 Å². The molecular weight excluding hydrogens is 465 g/mol. The third-order valence-electron chi connectivity index (χ3n) is 10.4. The first kappa shape index (κ1) is 25.4. The van der Waals surface area contributed by atoms with Crippen molar-refractivity contribution >= 4 is 30.1 Å². The van der Waals surface area contributed by atoms with Gasteiger partial charge in [-0.2, -0.15) is 0 Å². The van der Waals surface area contributed by atoms with Crippen LogP contribution < -0.4 is 10.4 Å². The van der Waals surface area contributed by atoms with Crippen LogP contribution in [0.3, 0.4) is 0 Å². The normalized spacial score (nSPS) is 30.5. The molecule has 6 rings (SSSR count). The summed E-state index contributed by atoms with van der Waals surface area (Å²) in [7, 11) is -0.453. The SMILES string of the molecule is CC(=O)N1CCC2(CC1)C(=O)N([C@H]1C[C@@H](N3CCCCC3)C1)c1cc(B3OC(C)(C)C(C)(C)O3)ccc12. The van der Waals surface area contributed by atoms with Crippen LogP contribution in [0, 0.1) is 0 Å². The zero-order chi connectivity index (χ0) is 26.2. The number of benzene rings is 1. The molecule has 0 unspecified atom stereocenters. The summed E-state index contributed by atoms with van der Waals surface area (Å²) in [6.07, 6.45) is 7.38. The molecule has 7 nitrogen and oxygen atoms in total. The van der Waals surface area contributed by atoms with Gasteiger partial charge in [-0.15, -0.1) is 0 Å². The number of carbonyl (C=O) groups excluding carboxylic acids is 2. The van der Waals surface area contributed by atoms with Gasteiger partial charge in [0.2, 0.25) is 11.8 Å². The first-order chi connectivity index (χ1) is 17.5. The fourth-order valence-electron chi connectivity index (χ4n) is 7.13. The van der Waals surface area contributed by atoms with Gasteiger partial charge in [0.25, 0.3) is 0 Å². The van der Waals surface area contributed by atoms with Gasteiger partial charge in [-0.05, 0) is 96.4 Å². The van der Waals surface area contributed by atoms with Crippen LogP contribution in [0.2, 0.25) is 0 Å². The van der Waals surface area contributed by atoms with Crippen molar-refractivity contribution in [3.8, 4) is 0 Å². The van der Waals surface area contributed by atoms with Gasteiger partial charge in [-0.25, -0.2) is 0 Å². The average molecular weight is 507 g/mol. The maximum Gasteiger partial charge on any atom is 0.494 e. The van der Waals surface area contributed by atoms with Gasteiger partial charge >= 0.3 is 7.12 Å². The summed E-state index contributed by atoms with van der Waals surface area (Å²) in [5.41, 5.74) is 1.77. The lowest BCUT2D eigenvalue weighted by molar-refractivity contribution is -0.134. The fourth-order valence-corrected chi connectivity index (χ4v) is 7.13. The molecule has 4 fully saturated rings. The lowest BCUT2D eigenvalue weighted by Crippen LogP contribution is -2.58. The molecule has 1 spiro atoms. The van der Waals surface area contributed by atoms with E-state index in [1.54, 1.807) is 6.92 Å². The Hall–Kier alpha value is -1.90. The smallest absolute Gasteiger partial charge is 0.399 e. The Labute approximate surface area is 222 Å². The average Bonchev–Trinajstić information content (AvgIpc) is 3.20. The highest BCUT2D eigenvalue weighted by Crippen LogP contribution is 2.51. The first-order valence-electron chi connectivity index (χ1n) is 14.4. The van der Waals surface area contributed by atoms with Gasteiger partial charge in [0, 0.05) is 37.8 Å². The van der Waals surface area contributed by atoms with Crippen molar-refractivity contribution in [3.63, 3.8) is 0 Å². The van der Waals surface area contributed by atoms with Crippen LogP contribution >= 0.6 is 0 Å². The second-order valence-electron chi connectivity index (χ2n) is 13.0. The third kappa shape index (κ3) is 3.97. The Kier molecular flexibility index (Phi) is 6.05. The number of carbonyl (C=O) groups is 2. The molecule has 1 saturated carbocycles. The van der Waals surface area contributed by atoms with Crippen LogP contribution in [0.1, 0.15) is 85.1 Å². The molecule has 0 aromatic heterocycles. The molecule has 1 aromatic rings. The number of anilines is 1. The Morgan fingerprint density at radius 1 is 0.919 bits per heavy atom. The lowest BCUT2D eigenvalue weighted by atomic mass is 9.71. The second kappa shape index (κ2) is 8.82. The van der Waals surface area contributed by atoms with Crippen LogP contribution in [0.4, 0.5) is 5.69 Å². The highest BCUT2D eigenvalue weighted by Gasteiger charge is 2.57. The minimum absolute atomic E-state index is 0.0943. The Morgan fingerprint density at radius 2 is 1.54 bits per heavy atom. The van der Waals surface area contributed by atoms with Crippen molar-refractivity contribution in [2.24, 2.45) is 0 Å². The fraction of sp³-hybridized carbons (Fsp3) is 0.724. The minimum atomic E-state index is -0.536. The van der Waals surface area contributed by atoms with Crippen LogP contribution in [0.15, 0.2) is 18.2 Å². The predicted octanol–water partition coefficient (Wildman–Crippen LogP) is 3.23. The summed E-state index contributed by atoms with van der Waals surface area (Å²) in [5, 5.41) is 0. The van der Waals surface area contributed by atoms with Gasteiger partial charge in [0.05, 0.1) is 16.6 Å². The van der Waals surface area contributed by atoms with E-state index in [-0.39, 0.29) is 17.9 Å². The molecule has 1 aromatic carbocycles. The van der Waals surface area contributed by atoms with Crippen molar-refractivity contribution in [2.75, 3.05) is 31.1 Å². The third-order valence-corrected chi connectivity index (χ3v) is 10.4. The number of hydrogen-bond acceptors (Lipinski definition) is 5. The predicted molar refractivity (Wildman–Crippen MR) is 145 cm³/mol. The van der Waals surface area contributed by atoms with Gasteiger partial charge < -0.3 is 24.0 Å². The number of likely N-dealkylation sites (tertiary alicyclic amines) is 2. The van der Waals surface area contributed by atoms with E-state index in [0.717, 1.165) is 29.6 Å². The highest BCUT2D eigenvalue weighted by atomic mass is 16.7. The molecule has 0 bridgehead atoms. The van der Waals surface area contributed by atoms with Gasteiger partial charge in [-0.1, -0.05) is 18.6 Å². The molecule has 0 radical (unpaired) electrons. The van der Waals surface area contributed by atoms with E-state index in [1.165, 1.54) is 32.4 Å². The molecule has 37 heavy (non-hydrogen) atoms. The maximum atomic E-state index is 14.3. The topological polar surface area (TPSA) is 62.3 Å². The zero-order valence-corrected chi connectivity index (χ0v) is 23.2. The van der Waals surface area contributed by atoms with Crippen LogP contribution in [-0.4, -0.2) is 78.2 Å². The standard InChI is InChI=1S/C29H42BN3O4/c1-20(34)31-15-11-29(12-16-31)24-10-9-21(30-36-27(2,3)28(4,5)37-30)17-25(24)33(26(29)35)23-18-22(19-23)32-13-7-6-8-14-32/h9-10,17,22-23H,6-8,11-16,18-19H2,1-5H3/t22-,23+. The van der Waals surface area contributed by atoms with E-state index < -0.39 is 23.7 Å². The Balaban J connectivity index is 1.31. The van der Waals surface area contributed by atoms with E-state index in [4.69, 9.17) is 9.31 Å². The highest BCUT2D eigenvalue weighted by molar-refractivity contribution is 6.62. The van der Waals surface area contributed by atoms with Crippen LogP contribution in [0.5, 0.6) is 0 Å². The molecule has 3 saturated heterocycles. The monoisotopic (exact) mass is 507 g/mol. The summed E-state index contributed by atoms with van der Waals surface area (Å²) in [6.45, 7) is 13.6. The summed E-state index contributed by atoms with van der Waals surface area (Å²) >= 11 is 0. The number of piperidine rings is 2. The number of rotatable bonds is 3. The van der Waals surface area contributed by atoms with E-state index in [0.29, 0.717) is 32.0 Å². The molecule has 4 aliphatic heterocycles. The Bertz CT molecular complexity index is 1070. The first-order valence-corrected chi connectivity index (χ1v) is 14.4.